The van der Waals surface area contributed by atoms with Crippen LogP contribution in [0.3, 0.4) is 0 Å². The highest BCUT2D eigenvalue weighted by Crippen LogP contribution is 2.51. The van der Waals surface area contributed by atoms with Gasteiger partial charge in [0.2, 0.25) is 0 Å². The summed E-state index contributed by atoms with van der Waals surface area (Å²) < 4.78 is 0. The van der Waals surface area contributed by atoms with Gasteiger partial charge in [-0.1, -0.05) is 0 Å². The van der Waals surface area contributed by atoms with Gasteiger partial charge in [-0.25, -0.2) is 0 Å². The molecule has 0 aromatic rings. The fourth-order valence-electron chi connectivity index (χ4n) is 2.59. The predicted molar refractivity (Wildman–Crippen MR) is 46.2 cm³/mol. The van der Waals surface area contributed by atoms with E-state index in [2.05, 4.69) is 0 Å². The van der Waals surface area contributed by atoms with E-state index in [4.69, 9.17) is 0 Å². The van der Waals surface area contributed by atoms with E-state index >= 15 is 0 Å². The van der Waals surface area contributed by atoms with Crippen LogP contribution in [0.1, 0.15) is 39.0 Å². The van der Waals surface area contributed by atoms with Gasteiger partial charge in [-0.05, 0) is 19.8 Å². The molecule has 0 heterocycles. The summed E-state index contributed by atoms with van der Waals surface area (Å²) in [4.78, 5) is 22.8. The standard InChI is InChI=1S/C10H14O3/c1-9-4-2-7(11)6-10(9,13)5-3-8(9)12/h13H,2-6H2,1H3/t9-,10-/m1/s1. The molecule has 3 nitrogen and oxygen atoms in total. The normalized spacial score (nSPS) is 45.1. The zero-order chi connectivity index (χ0) is 9.69. The summed E-state index contributed by atoms with van der Waals surface area (Å²) in [7, 11) is 0. The first-order chi connectivity index (χ1) is 5.98. The number of hydrogen-bond acceptors (Lipinski definition) is 3. The summed E-state index contributed by atoms with van der Waals surface area (Å²) in [6.07, 6.45) is 2.05. The van der Waals surface area contributed by atoms with Crippen molar-refractivity contribution in [2.75, 3.05) is 0 Å². The van der Waals surface area contributed by atoms with Gasteiger partial charge < -0.3 is 5.11 Å². The third kappa shape index (κ3) is 0.998. The lowest BCUT2D eigenvalue weighted by molar-refractivity contribution is -0.148. The summed E-state index contributed by atoms with van der Waals surface area (Å²) >= 11 is 0. The van der Waals surface area contributed by atoms with Crippen LogP contribution in [0.2, 0.25) is 0 Å². The Bertz CT molecular complexity index is 284. The molecular weight excluding hydrogens is 168 g/mol. The number of hydrogen-bond donors (Lipinski definition) is 1. The second-order valence-electron chi connectivity index (χ2n) is 4.50. The summed E-state index contributed by atoms with van der Waals surface area (Å²) in [6, 6.07) is 0. The first-order valence-corrected chi connectivity index (χ1v) is 4.75. The highest BCUT2D eigenvalue weighted by molar-refractivity contribution is 5.93. The molecule has 1 N–H and O–H groups in total. The zero-order valence-corrected chi connectivity index (χ0v) is 7.80. The second kappa shape index (κ2) is 2.41. The number of carbonyl (C=O) groups is 2. The largest absolute Gasteiger partial charge is 0.388 e. The van der Waals surface area contributed by atoms with E-state index in [0.717, 1.165) is 0 Å². The average Bonchev–Trinajstić information content (AvgIpc) is 2.28. The number of Topliss-reactive ketones (excluding diaryl/α,β-unsaturated/α-hetero) is 2. The molecule has 2 saturated carbocycles. The first-order valence-electron chi connectivity index (χ1n) is 4.75. The fraction of sp³-hybridized carbons (Fsp3) is 0.800. The van der Waals surface area contributed by atoms with Gasteiger partial charge in [0.25, 0.3) is 0 Å². The van der Waals surface area contributed by atoms with Crippen LogP contribution < -0.4 is 0 Å². The van der Waals surface area contributed by atoms with Crippen LogP contribution in [-0.2, 0) is 9.59 Å². The highest BCUT2D eigenvalue weighted by Gasteiger charge is 2.58. The van der Waals surface area contributed by atoms with E-state index in [1.54, 1.807) is 6.92 Å². The molecule has 0 unspecified atom stereocenters. The van der Waals surface area contributed by atoms with Gasteiger partial charge in [-0.2, -0.15) is 0 Å². The monoisotopic (exact) mass is 182 g/mol. The van der Waals surface area contributed by atoms with Crippen molar-refractivity contribution in [3.05, 3.63) is 0 Å². The molecule has 0 aliphatic heterocycles. The predicted octanol–water partition coefficient (Wildman–Crippen LogP) is 0.840. The van der Waals surface area contributed by atoms with E-state index in [1.165, 1.54) is 0 Å². The zero-order valence-electron chi connectivity index (χ0n) is 7.80. The molecule has 0 radical (unpaired) electrons. The molecule has 3 heteroatoms. The van der Waals surface area contributed by atoms with Crippen LogP contribution in [0.15, 0.2) is 0 Å². The Morgan fingerprint density at radius 3 is 2.62 bits per heavy atom. The highest BCUT2D eigenvalue weighted by atomic mass is 16.3. The number of carbonyl (C=O) groups excluding carboxylic acids is 2. The van der Waals surface area contributed by atoms with Crippen LogP contribution in [0.4, 0.5) is 0 Å². The van der Waals surface area contributed by atoms with E-state index in [0.29, 0.717) is 25.7 Å². The molecular formula is C10H14O3. The van der Waals surface area contributed by atoms with Crippen molar-refractivity contribution >= 4 is 11.6 Å². The quantitative estimate of drug-likeness (QED) is 0.604. The molecule has 72 valence electrons. The summed E-state index contributed by atoms with van der Waals surface area (Å²) in [5, 5.41) is 10.2. The van der Waals surface area contributed by atoms with Gasteiger partial charge in [0.15, 0.2) is 0 Å². The van der Waals surface area contributed by atoms with Gasteiger partial charge in [0.1, 0.15) is 11.6 Å². The Hall–Kier alpha value is -0.700. The van der Waals surface area contributed by atoms with Crippen LogP contribution in [0.5, 0.6) is 0 Å². The molecule has 2 fully saturated rings. The molecule has 0 aromatic carbocycles. The van der Waals surface area contributed by atoms with Crippen LogP contribution in [0.25, 0.3) is 0 Å². The van der Waals surface area contributed by atoms with E-state index in [1.807, 2.05) is 0 Å². The van der Waals surface area contributed by atoms with Gasteiger partial charge >= 0.3 is 0 Å². The molecule has 2 aliphatic carbocycles. The second-order valence-corrected chi connectivity index (χ2v) is 4.50. The maximum Gasteiger partial charge on any atom is 0.141 e. The lowest BCUT2D eigenvalue weighted by Gasteiger charge is -2.41. The Labute approximate surface area is 77.1 Å². The van der Waals surface area contributed by atoms with Gasteiger partial charge in [-0.15, -0.1) is 0 Å². The fourth-order valence-corrected chi connectivity index (χ4v) is 2.59. The number of ketones is 2. The third-order valence-electron chi connectivity index (χ3n) is 3.80. The SMILES string of the molecule is C[C@]12CCC(=O)C[C@]1(O)CCC2=O. The molecule has 2 rings (SSSR count). The van der Waals surface area contributed by atoms with E-state index in [9.17, 15) is 14.7 Å². The molecule has 0 saturated heterocycles. The van der Waals surface area contributed by atoms with Crippen molar-refractivity contribution in [2.24, 2.45) is 5.41 Å². The summed E-state index contributed by atoms with van der Waals surface area (Å²) in [5.41, 5.74) is -1.67. The van der Waals surface area contributed by atoms with Gasteiger partial charge in [0, 0.05) is 19.3 Å². The Morgan fingerprint density at radius 1 is 1.23 bits per heavy atom. The van der Waals surface area contributed by atoms with Crippen LogP contribution >= 0.6 is 0 Å². The maximum atomic E-state index is 11.6. The Morgan fingerprint density at radius 2 is 1.92 bits per heavy atom. The minimum atomic E-state index is -1.03. The average molecular weight is 182 g/mol. The van der Waals surface area contributed by atoms with Crippen molar-refractivity contribution in [3.8, 4) is 0 Å². The van der Waals surface area contributed by atoms with Gasteiger partial charge in [-0.3, -0.25) is 9.59 Å². The summed E-state index contributed by atoms with van der Waals surface area (Å²) in [5.74, 6) is 0.220. The third-order valence-corrected chi connectivity index (χ3v) is 3.80. The smallest absolute Gasteiger partial charge is 0.141 e. The van der Waals surface area contributed by atoms with Crippen molar-refractivity contribution < 1.29 is 14.7 Å². The minimum absolute atomic E-state index is 0.0923. The Kier molecular flexibility index (Phi) is 1.65. The molecule has 0 bridgehead atoms. The molecule has 2 atom stereocenters. The van der Waals surface area contributed by atoms with Crippen LogP contribution in [0, 0.1) is 5.41 Å². The first kappa shape index (κ1) is 8.88. The Balaban J connectivity index is 2.37. The number of aliphatic hydroxyl groups is 1. The van der Waals surface area contributed by atoms with Crippen molar-refractivity contribution in [1.29, 1.82) is 0 Å². The molecule has 2 aliphatic rings. The number of rotatable bonds is 0. The van der Waals surface area contributed by atoms with E-state index in [-0.39, 0.29) is 18.0 Å². The number of fused-ring (bicyclic) bond motifs is 1. The minimum Gasteiger partial charge on any atom is -0.388 e. The molecule has 13 heavy (non-hydrogen) atoms. The maximum absolute atomic E-state index is 11.6. The molecule has 0 aromatic heterocycles. The van der Waals surface area contributed by atoms with Crippen molar-refractivity contribution in [3.63, 3.8) is 0 Å². The van der Waals surface area contributed by atoms with Crippen molar-refractivity contribution in [1.82, 2.24) is 0 Å². The summed E-state index contributed by atoms with van der Waals surface area (Å²) in [6.45, 7) is 1.80. The molecule has 0 amide bonds. The van der Waals surface area contributed by atoms with Crippen molar-refractivity contribution in [2.45, 2.75) is 44.6 Å². The topological polar surface area (TPSA) is 54.4 Å². The van der Waals surface area contributed by atoms with Gasteiger partial charge in [0.05, 0.1) is 11.0 Å². The molecule has 0 spiro atoms. The van der Waals surface area contributed by atoms with Crippen LogP contribution in [-0.4, -0.2) is 22.3 Å². The lowest BCUT2D eigenvalue weighted by atomic mass is 9.65. The van der Waals surface area contributed by atoms with E-state index < -0.39 is 11.0 Å². The lowest BCUT2D eigenvalue weighted by Crippen LogP contribution is -2.50.